The van der Waals surface area contributed by atoms with Crippen molar-refractivity contribution in [3.8, 4) is 5.75 Å². The second-order valence-electron chi connectivity index (χ2n) is 7.54. The number of carbonyl (C=O) groups is 1. The second kappa shape index (κ2) is 10.8. The van der Waals surface area contributed by atoms with Crippen LogP contribution in [-0.4, -0.2) is 30.9 Å². The van der Waals surface area contributed by atoms with Gasteiger partial charge < -0.3 is 10.1 Å². The summed E-state index contributed by atoms with van der Waals surface area (Å²) in [6.45, 7) is 5.92. The summed E-state index contributed by atoms with van der Waals surface area (Å²) in [4.78, 5) is 20.4. The van der Waals surface area contributed by atoms with Crippen molar-refractivity contribution in [2.45, 2.75) is 38.5 Å². The van der Waals surface area contributed by atoms with Gasteiger partial charge in [-0.05, 0) is 91.1 Å². The summed E-state index contributed by atoms with van der Waals surface area (Å²) in [7, 11) is -3.85. The lowest BCUT2D eigenvalue weighted by molar-refractivity contribution is -0.116. The first-order valence-electron chi connectivity index (χ1n) is 10.3. The molecule has 174 valence electrons. The van der Waals surface area contributed by atoms with Gasteiger partial charge in [0.05, 0.1) is 16.0 Å². The summed E-state index contributed by atoms with van der Waals surface area (Å²) in [5.74, 6) is 0.571. The molecule has 0 bridgehead atoms. The number of halogens is 1. The van der Waals surface area contributed by atoms with Gasteiger partial charge in [0.15, 0.2) is 0 Å². The maximum atomic E-state index is 12.6. The van der Waals surface area contributed by atoms with Crippen LogP contribution in [0.3, 0.4) is 0 Å². The fourth-order valence-electron chi connectivity index (χ4n) is 3.03. The average Bonchev–Trinajstić information content (AvgIpc) is 2.72. The van der Waals surface area contributed by atoms with Crippen LogP contribution in [0.2, 0.25) is 0 Å². The molecule has 10 heteroatoms. The molecule has 0 unspecified atom stereocenters. The molecule has 1 heterocycles. The van der Waals surface area contributed by atoms with E-state index < -0.39 is 10.0 Å². The molecule has 2 N–H and O–H groups in total. The largest absolute Gasteiger partial charge is 0.492 e. The number of aryl methyl sites for hydroxylation is 3. The van der Waals surface area contributed by atoms with E-state index in [9.17, 15) is 13.2 Å². The van der Waals surface area contributed by atoms with E-state index in [4.69, 9.17) is 4.74 Å². The van der Waals surface area contributed by atoms with Crippen LogP contribution in [-0.2, 0) is 14.8 Å². The molecule has 0 fully saturated rings. The number of hydrogen-bond acceptors (Lipinski definition) is 6. The first-order chi connectivity index (χ1) is 15.6. The number of benzene rings is 2. The average molecular weight is 533 g/mol. The molecule has 0 radical (unpaired) electrons. The van der Waals surface area contributed by atoms with Gasteiger partial charge in [-0.3, -0.25) is 4.79 Å². The van der Waals surface area contributed by atoms with Crippen LogP contribution in [0.25, 0.3) is 0 Å². The number of carbonyl (C=O) groups excluding carboxylic acids is 1. The van der Waals surface area contributed by atoms with E-state index in [1.165, 1.54) is 24.3 Å². The third-order valence-corrected chi connectivity index (χ3v) is 6.51. The Bertz CT molecular complexity index is 1230. The van der Waals surface area contributed by atoms with E-state index in [2.05, 4.69) is 35.9 Å². The standard InChI is InChI=1S/C23H25BrN4O4S/c1-15-6-11-21(20(24)13-15)32-12-4-5-22(29)27-18-7-9-19(10-8-18)33(30,31)28-23-25-16(2)14-17(3)26-23/h6-11,13-14H,4-5,12H2,1-3H3,(H,27,29)(H,25,26,28). The Labute approximate surface area is 202 Å². The van der Waals surface area contributed by atoms with Gasteiger partial charge in [-0.1, -0.05) is 6.07 Å². The zero-order valence-corrected chi connectivity index (χ0v) is 21.0. The van der Waals surface area contributed by atoms with E-state index in [0.29, 0.717) is 30.1 Å². The predicted molar refractivity (Wildman–Crippen MR) is 131 cm³/mol. The molecule has 8 nitrogen and oxygen atoms in total. The molecule has 0 aliphatic carbocycles. The maximum absolute atomic E-state index is 12.6. The Morgan fingerprint density at radius 1 is 1.00 bits per heavy atom. The van der Waals surface area contributed by atoms with Crippen LogP contribution in [0.15, 0.2) is 57.9 Å². The van der Waals surface area contributed by atoms with Crippen molar-refractivity contribution in [1.29, 1.82) is 0 Å². The highest BCUT2D eigenvalue weighted by Crippen LogP contribution is 2.26. The maximum Gasteiger partial charge on any atom is 0.264 e. The summed E-state index contributed by atoms with van der Waals surface area (Å²) in [5.41, 5.74) is 2.95. The second-order valence-corrected chi connectivity index (χ2v) is 10.1. The van der Waals surface area contributed by atoms with Gasteiger partial charge in [0.2, 0.25) is 11.9 Å². The number of anilines is 2. The van der Waals surface area contributed by atoms with Gasteiger partial charge in [-0.25, -0.2) is 23.1 Å². The van der Waals surface area contributed by atoms with Crippen molar-refractivity contribution in [3.05, 3.63) is 70.0 Å². The summed E-state index contributed by atoms with van der Waals surface area (Å²) < 4.78 is 34.1. The van der Waals surface area contributed by atoms with Crippen molar-refractivity contribution < 1.29 is 17.9 Å². The number of aromatic nitrogens is 2. The lowest BCUT2D eigenvalue weighted by Crippen LogP contribution is -2.16. The molecule has 33 heavy (non-hydrogen) atoms. The lowest BCUT2D eigenvalue weighted by Gasteiger charge is -2.10. The summed E-state index contributed by atoms with van der Waals surface area (Å²) >= 11 is 3.46. The number of hydrogen-bond donors (Lipinski definition) is 2. The number of sulfonamides is 1. The SMILES string of the molecule is Cc1ccc(OCCCC(=O)Nc2ccc(S(=O)(=O)Nc3nc(C)cc(C)n3)cc2)c(Br)c1. The monoisotopic (exact) mass is 532 g/mol. The Kier molecular flexibility index (Phi) is 8.04. The number of amides is 1. The van der Waals surface area contributed by atoms with Crippen LogP contribution in [0, 0.1) is 20.8 Å². The molecule has 1 aromatic heterocycles. The zero-order valence-electron chi connectivity index (χ0n) is 18.6. The van der Waals surface area contributed by atoms with E-state index in [0.717, 1.165) is 15.8 Å². The summed E-state index contributed by atoms with van der Waals surface area (Å²) in [6, 6.07) is 13.5. The van der Waals surface area contributed by atoms with Crippen LogP contribution >= 0.6 is 15.9 Å². The van der Waals surface area contributed by atoms with Crippen molar-refractivity contribution in [1.82, 2.24) is 9.97 Å². The van der Waals surface area contributed by atoms with Crippen molar-refractivity contribution in [2.24, 2.45) is 0 Å². The minimum Gasteiger partial charge on any atom is -0.492 e. The summed E-state index contributed by atoms with van der Waals surface area (Å²) in [5, 5.41) is 2.76. The third kappa shape index (κ3) is 7.26. The molecule has 3 rings (SSSR count). The molecule has 2 aromatic carbocycles. The van der Waals surface area contributed by atoms with Crippen molar-refractivity contribution in [3.63, 3.8) is 0 Å². The quantitative estimate of drug-likeness (QED) is 0.384. The topological polar surface area (TPSA) is 110 Å². The lowest BCUT2D eigenvalue weighted by atomic mass is 10.2. The van der Waals surface area contributed by atoms with Gasteiger partial charge in [-0.2, -0.15) is 0 Å². The zero-order chi connectivity index (χ0) is 24.0. The van der Waals surface area contributed by atoms with Crippen LogP contribution in [0.5, 0.6) is 5.75 Å². The van der Waals surface area contributed by atoms with E-state index in [1.807, 2.05) is 25.1 Å². The van der Waals surface area contributed by atoms with Gasteiger partial charge in [-0.15, -0.1) is 0 Å². The molecule has 0 aliphatic heterocycles. The molecule has 0 spiro atoms. The Morgan fingerprint density at radius 3 is 2.30 bits per heavy atom. The van der Waals surface area contributed by atoms with Gasteiger partial charge in [0.1, 0.15) is 5.75 Å². The van der Waals surface area contributed by atoms with E-state index in [1.54, 1.807) is 19.9 Å². The molecule has 0 atom stereocenters. The normalized spacial score (nSPS) is 11.2. The van der Waals surface area contributed by atoms with E-state index in [-0.39, 0.29) is 23.2 Å². The van der Waals surface area contributed by atoms with Crippen molar-refractivity contribution >= 4 is 43.5 Å². The van der Waals surface area contributed by atoms with Crippen molar-refractivity contribution in [2.75, 3.05) is 16.6 Å². The summed E-state index contributed by atoms with van der Waals surface area (Å²) in [6.07, 6.45) is 0.813. The fraction of sp³-hybridized carbons (Fsp3) is 0.261. The highest BCUT2D eigenvalue weighted by Gasteiger charge is 2.16. The van der Waals surface area contributed by atoms with Crippen LogP contribution in [0.4, 0.5) is 11.6 Å². The molecule has 3 aromatic rings. The molecule has 0 aliphatic rings. The number of rotatable bonds is 9. The molecule has 1 amide bonds. The number of nitrogens with one attached hydrogen (secondary N) is 2. The molecule has 0 saturated heterocycles. The smallest absolute Gasteiger partial charge is 0.264 e. The Hall–Kier alpha value is -2.98. The predicted octanol–water partition coefficient (Wildman–Crippen LogP) is 4.76. The number of nitrogens with zero attached hydrogens (tertiary/aromatic N) is 2. The highest BCUT2D eigenvalue weighted by molar-refractivity contribution is 9.10. The minimum atomic E-state index is -3.85. The van der Waals surface area contributed by atoms with Gasteiger partial charge in [0.25, 0.3) is 10.0 Å². The highest BCUT2D eigenvalue weighted by atomic mass is 79.9. The fourth-order valence-corrected chi connectivity index (χ4v) is 4.58. The van der Waals surface area contributed by atoms with Gasteiger partial charge >= 0.3 is 0 Å². The molecular formula is C23H25BrN4O4S. The third-order valence-electron chi connectivity index (χ3n) is 4.55. The first-order valence-corrected chi connectivity index (χ1v) is 12.5. The molecule has 0 saturated carbocycles. The van der Waals surface area contributed by atoms with Gasteiger partial charge in [0, 0.05) is 23.5 Å². The minimum absolute atomic E-state index is 0.0183. The van der Waals surface area contributed by atoms with Crippen LogP contribution < -0.4 is 14.8 Å². The molecular weight excluding hydrogens is 508 g/mol. The van der Waals surface area contributed by atoms with E-state index >= 15 is 0 Å². The first kappa shape index (κ1) is 24.7. The van der Waals surface area contributed by atoms with Crippen LogP contribution in [0.1, 0.15) is 29.8 Å². The Balaban J connectivity index is 1.50. The number of ether oxygens (including phenoxy) is 1. The Morgan fingerprint density at radius 2 is 1.67 bits per heavy atom.